The van der Waals surface area contributed by atoms with Gasteiger partial charge in [-0.25, -0.2) is 0 Å². The van der Waals surface area contributed by atoms with Crippen molar-refractivity contribution in [1.82, 2.24) is 4.90 Å². The maximum Gasteiger partial charge on any atom is 0.306 e. The highest BCUT2D eigenvalue weighted by Gasteiger charge is 2.17. The zero-order valence-corrected chi connectivity index (χ0v) is 17.3. The van der Waals surface area contributed by atoms with Crippen molar-refractivity contribution in [3.8, 4) is 5.75 Å². The number of hydrogen-bond donors (Lipinski definition) is 0. The highest BCUT2D eigenvalue weighted by atomic mass is 32.2. The SMILES string of the molecule is CCCCCCCCC(=O)N(Cc1ccc(OS(C)(=O)=O)cc1)C(C)C. The van der Waals surface area contributed by atoms with Gasteiger partial charge in [0.15, 0.2) is 0 Å². The van der Waals surface area contributed by atoms with Gasteiger partial charge in [0.1, 0.15) is 5.75 Å². The van der Waals surface area contributed by atoms with Crippen LogP contribution in [0.4, 0.5) is 0 Å². The van der Waals surface area contributed by atoms with E-state index in [2.05, 4.69) is 6.92 Å². The second kappa shape index (κ2) is 11.2. The second-order valence-corrected chi connectivity index (χ2v) is 8.64. The fourth-order valence-electron chi connectivity index (χ4n) is 2.78. The predicted molar refractivity (Wildman–Crippen MR) is 106 cm³/mol. The van der Waals surface area contributed by atoms with Gasteiger partial charge in [0.2, 0.25) is 5.91 Å². The molecule has 0 heterocycles. The van der Waals surface area contributed by atoms with Gasteiger partial charge in [-0.2, -0.15) is 8.42 Å². The Morgan fingerprint density at radius 1 is 1.04 bits per heavy atom. The van der Waals surface area contributed by atoms with E-state index in [-0.39, 0.29) is 17.7 Å². The molecule has 0 aliphatic carbocycles. The molecule has 0 fully saturated rings. The molecular formula is C20H33NO4S. The summed E-state index contributed by atoms with van der Waals surface area (Å²) >= 11 is 0. The van der Waals surface area contributed by atoms with Crippen molar-refractivity contribution in [1.29, 1.82) is 0 Å². The Balaban J connectivity index is 2.55. The van der Waals surface area contributed by atoms with Crippen LogP contribution in [0.5, 0.6) is 5.75 Å². The van der Waals surface area contributed by atoms with Crippen molar-refractivity contribution in [2.45, 2.75) is 78.3 Å². The molecule has 0 aliphatic rings. The van der Waals surface area contributed by atoms with Crippen LogP contribution in [0.15, 0.2) is 24.3 Å². The first-order valence-electron chi connectivity index (χ1n) is 9.50. The van der Waals surface area contributed by atoms with Crippen LogP contribution in [0.3, 0.4) is 0 Å². The highest BCUT2D eigenvalue weighted by Crippen LogP contribution is 2.17. The minimum atomic E-state index is -3.52. The molecule has 0 saturated heterocycles. The zero-order valence-electron chi connectivity index (χ0n) is 16.5. The van der Waals surface area contributed by atoms with Crippen molar-refractivity contribution < 1.29 is 17.4 Å². The molecule has 0 aromatic heterocycles. The van der Waals surface area contributed by atoms with Gasteiger partial charge in [0.05, 0.1) is 6.26 Å². The van der Waals surface area contributed by atoms with Crippen LogP contribution < -0.4 is 4.18 Å². The maximum atomic E-state index is 12.6. The molecule has 1 rings (SSSR count). The Bertz CT molecular complexity index is 638. The normalized spacial score (nSPS) is 11.6. The molecule has 0 radical (unpaired) electrons. The minimum absolute atomic E-state index is 0.120. The molecule has 0 atom stereocenters. The fraction of sp³-hybridized carbons (Fsp3) is 0.650. The first-order chi connectivity index (χ1) is 12.2. The van der Waals surface area contributed by atoms with Crippen LogP contribution >= 0.6 is 0 Å². The van der Waals surface area contributed by atoms with Crippen molar-refractivity contribution in [2.75, 3.05) is 6.26 Å². The molecular weight excluding hydrogens is 350 g/mol. The largest absolute Gasteiger partial charge is 0.383 e. The summed E-state index contributed by atoms with van der Waals surface area (Å²) in [7, 11) is -3.52. The van der Waals surface area contributed by atoms with E-state index >= 15 is 0 Å². The lowest BCUT2D eigenvalue weighted by atomic mass is 10.1. The molecule has 0 N–H and O–H groups in total. The first-order valence-corrected chi connectivity index (χ1v) is 11.3. The van der Waals surface area contributed by atoms with E-state index in [9.17, 15) is 13.2 Å². The number of carbonyl (C=O) groups excluding carboxylic acids is 1. The third-order valence-corrected chi connectivity index (χ3v) is 4.71. The number of rotatable bonds is 12. The van der Waals surface area contributed by atoms with Crippen molar-refractivity contribution in [2.24, 2.45) is 0 Å². The monoisotopic (exact) mass is 383 g/mol. The Hall–Kier alpha value is -1.56. The van der Waals surface area contributed by atoms with E-state index in [1.807, 2.05) is 18.7 Å². The van der Waals surface area contributed by atoms with E-state index < -0.39 is 10.1 Å². The molecule has 0 unspecified atom stereocenters. The molecule has 1 aromatic rings. The van der Waals surface area contributed by atoms with E-state index in [1.54, 1.807) is 24.3 Å². The van der Waals surface area contributed by atoms with Crippen molar-refractivity contribution in [3.63, 3.8) is 0 Å². The van der Waals surface area contributed by atoms with Crippen LogP contribution in [-0.4, -0.2) is 31.5 Å². The maximum absolute atomic E-state index is 12.6. The molecule has 1 aromatic carbocycles. The summed E-state index contributed by atoms with van der Waals surface area (Å²) in [4.78, 5) is 14.4. The van der Waals surface area contributed by atoms with E-state index in [0.717, 1.165) is 24.7 Å². The predicted octanol–water partition coefficient (Wildman–Crippen LogP) is 4.51. The van der Waals surface area contributed by atoms with E-state index in [0.29, 0.717) is 13.0 Å². The van der Waals surface area contributed by atoms with Crippen LogP contribution in [0, 0.1) is 0 Å². The standard InChI is InChI=1S/C20H33NO4S/c1-5-6-7-8-9-10-11-20(22)21(17(2)3)16-18-12-14-19(15-13-18)25-26(4,23)24/h12-15,17H,5-11,16H2,1-4H3. The molecule has 0 saturated carbocycles. The summed E-state index contributed by atoms with van der Waals surface area (Å²) in [6.07, 6.45) is 8.59. The molecule has 26 heavy (non-hydrogen) atoms. The highest BCUT2D eigenvalue weighted by molar-refractivity contribution is 7.86. The summed E-state index contributed by atoms with van der Waals surface area (Å²) in [5.41, 5.74) is 0.954. The van der Waals surface area contributed by atoms with E-state index in [4.69, 9.17) is 4.18 Å². The van der Waals surface area contributed by atoms with Gasteiger partial charge in [0.25, 0.3) is 0 Å². The summed E-state index contributed by atoms with van der Waals surface area (Å²) < 4.78 is 27.1. The van der Waals surface area contributed by atoms with Gasteiger partial charge in [-0.05, 0) is 38.0 Å². The molecule has 0 bridgehead atoms. The molecule has 5 nitrogen and oxygen atoms in total. The lowest BCUT2D eigenvalue weighted by Gasteiger charge is -2.27. The lowest BCUT2D eigenvalue weighted by Crippen LogP contribution is -2.36. The number of carbonyl (C=O) groups is 1. The third-order valence-electron chi connectivity index (χ3n) is 4.21. The van der Waals surface area contributed by atoms with Gasteiger partial charge >= 0.3 is 10.1 Å². The van der Waals surface area contributed by atoms with E-state index in [1.165, 1.54) is 25.7 Å². The number of benzene rings is 1. The molecule has 0 spiro atoms. The van der Waals surface area contributed by atoms with Gasteiger partial charge in [-0.15, -0.1) is 0 Å². The van der Waals surface area contributed by atoms with Gasteiger partial charge in [-0.3, -0.25) is 4.79 Å². The van der Waals surface area contributed by atoms with Crippen LogP contribution in [0.1, 0.15) is 71.3 Å². The Kier molecular flexibility index (Phi) is 9.70. The molecule has 6 heteroatoms. The first kappa shape index (κ1) is 22.5. The van der Waals surface area contributed by atoms with Gasteiger partial charge in [0, 0.05) is 19.0 Å². The second-order valence-electron chi connectivity index (χ2n) is 7.06. The molecule has 148 valence electrons. The quantitative estimate of drug-likeness (QED) is 0.393. The van der Waals surface area contributed by atoms with Crippen LogP contribution in [0.25, 0.3) is 0 Å². The summed E-state index contributed by atoms with van der Waals surface area (Å²) in [6, 6.07) is 6.96. The number of nitrogens with zero attached hydrogens (tertiary/aromatic N) is 1. The summed E-state index contributed by atoms with van der Waals surface area (Å²) in [5.74, 6) is 0.456. The Morgan fingerprint density at radius 3 is 2.15 bits per heavy atom. The Labute approximate surface area is 158 Å². The van der Waals surface area contributed by atoms with Gasteiger partial charge < -0.3 is 9.08 Å². The van der Waals surface area contributed by atoms with Crippen LogP contribution in [0.2, 0.25) is 0 Å². The summed E-state index contributed by atoms with van der Waals surface area (Å²) in [6.45, 7) is 6.75. The smallest absolute Gasteiger partial charge is 0.306 e. The number of unbranched alkanes of at least 4 members (excludes halogenated alkanes) is 5. The average molecular weight is 384 g/mol. The molecule has 0 aliphatic heterocycles. The summed E-state index contributed by atoms with van der Waals surface area (Å²) in [5, 5.41) is 0. The lowest BCUT2D eigenvalue weighted by molar-refractivity contribution is -0.133. The van der Waals surface area contributed by atoms with Crippen molar-refractivity contribution >= 4 is 16.0 Å². The minimum Gasteiger partial charge on any atom is -0.383 e. The third kappa shape index (κ3) is 9.22. The zero-order chi connectivity index (χ0) is 19.6. The van der Waals surface area contributed by atoms with Crippen molar-refractivity contribution in [3.05, 3.63) is 29.8 Å². The number of amides is 1. The fourth-order valence-corrected chi connectivity index (χ4v) is 3.24. The number of hydrogen-bond acceptors (Lipinski definition) is 4. The average Bonchev–Trinajstić information content (AvgIpc) is 2.55. The van der Waals surface area contributed by atoms with Crippen LogP contribution in [-0.2, 0) is 21.5 Å². The van der Waals surface area contributed by atoms with Gasteiger partial charge in [-0.1, -0.05) is 51.2 Å². The topological polar surface area (TPSA) is 63.7 Å². The molecule has 1 amide bonds. The Morgan fingerprint density at radius 2 is 1.62 bits per heavy atom.